The molecule has 0 radical (unpaired) electrons. The number of hydrogen-bond acceptors (Lipinski definition) is 0. The second-order valence-corrected chi connectivity index (χ2v) is 9.77. The minimum Gasteiger partial charge on any atom is -0.0672 e. The van der Waals surface area contributed by atoms with Crippen molar-refractivity contribution in [2.45, 2.75) is 83.0 Å². The lowest BCUT2D eigenvalue weighted by Crippen LogP contribution is -2.44. The van der Waals surface area contributed by atoms with E-state index >= 15 is 0 Å². The average molecular weight is 371 g/mol. The van der Waals surface area contributed by atoms with E-state index in [-0.39, 0.29) is 0 Å². The highest BCUT2D eigenvalue weighted by Crippen LogP contribution is 2.61. The molecule has 28 heavy (non-hydrogen) atoms. The molecule has 3 aliphatic carbocycles. The van der Waals surface area contributed by atoms with E-state index in [9.17, 15) is 0 Å². The van der Waals surface area contributed by atoms with E-state index in [1.54, 1.807) is 11.1 Å². The Balaban J connectivity index is 1.72. The lowest BCUT2D eigenvalue weighted by atomic mass is 9.50. The van der Waals surface area contributed by atoms with Crippen molar-refractivity contribution in [3.05, 3.63) is 81.9 Å². The zero-order valence-electron chi connectivity index (χ0n) is 17.6. The lowest BCUT2D eigenvalue weighted by Gasteiger charge is -2.53. The summed E-state index contributed by atoms with van der Waals surface area (Å²) >= 11 is 0. The molecular weight excluding hydrogens is 336 g/mol. The summed E-state index contributed by atoms with van der Waals surface area (Å²) in [5, 5.41) is 0. The lowest BCUT2D eigenvalue weighted by molar-refractivity contribution is 0.190. The van der Waals surface area contributed by atoms with Crippen LogP contribution in [0.1, 0.15) is 86.0 Å². The van der Waals surface area contributed by atoms with Gasteiger partial charge in [0, 0.05) is 11.3 Å². The zero-order valence-corrected chi connectivity index (χ0v) is 17.6. The summed E-state index contributed by atoms with van der Waals surface area (Å²) in [6.45, 7) is 4.43. The van der Waals surface area contributed by atoms with Crippen LogP contribution in [0.3, 0.4) is 0 Å². The third kappa shape index (κ3) is 2.97. The van der Waals surface area contributed by atoms with Crippen LogP contribution in [0.2, 0.25) is 0 Å². The summed E-state index contributed by atoms with van der Waals surface area (Å²) < 4.78 is 0. The first-order valence-corrected chi connectivity index (χ1v) is 11.5. The molecule has 5 rings (SSSR count). The van der Waals surface area contributed by atoms with Crippen LogP contribution >= 0.6 is 0 Å². The summed E-state index contributed by atoms with van der Waals surface area (Å²) in [4.78, 5) is 0. The molecule has 2 aromatic rings. The maximum absolute atomic E-state index is 2.46. The molecular formula is C28H34. The second kappa shape index (κ2) is 7.21. The quantitative estimate of drug-likeness (QED) is 0.473. The fourth-order valence-electron chi connectivity index (χ4n) is 6.72. The fraction of sp³-hybridized carbons (Fsp3) is 0.500. The summed E-state index contributed by atoms with van der Waals surface area (Å²) in [6.07, 6.45) is 12.4. The van der Waals surface area contributed by atoms with Gasteiger partial charge in [0.15, 0.2) is 0 Å². The molecule has 0 nitrogen and oxygen atoms in total. The molecule has 3 unspecified atom stereocenters. The van der Waals surface area contributed by atoms with Gasteiger partial charge in [0.05, 0.1) is 0 Å². The molecule has 0 heteroatoms. The van der Waals surface area contributed by atoms with Gasteiger partial charge in [0.25, 0.3) is 0 Å². The molecule has 0 saturated heterocycles. The minimum atomic E-state index is 0.301. The maximum atomic E-state index is 2.46. The molecule has 0 amide bonds. The summed E-state index contributed by atoms with van der Waals surface area (Å²) in [7, 11) is 0. The largest absolute Gasteiger partial charge is 0.0672 e. The molecule has 0 aromatic heterocycles. The van der Waals surface area contributed by atoms with Crippen molar-refractivity contribution in [3.63, 3.8) is 0 Å². The Bertz CT molecular complexity index is 867. The zero-order chi connectivity index (χ0) is 19.1. The number of allylic oxidation sites excluding steroid dienone is 2. The Morgan fingerprint density at radius 2 is 1.36 bits per heavy atom. The third-order valence-corrected chi connectivity index (χ3v) is 8.02. The number of fused-ring (bicyclic) bond motifs is 3. The first kappa shape index (κ1) is 18.2. The molecule has 1 saturated carbocycles. The Kier molecular flexibility index (Phi) is 4.69. The predicted molar refractivity (Wildman–Crippen MR) is 119 cm³/mol. The Morgan fingerprint density at radius 3 is 2.07 bits per heavy atom. The average Bonchev–Trinajstić information content (AvgIpc) is 2.96. The summed E-state index contributed by atoms with van der Waals surface area (Å²) in [6, 6.07) is 19.2. The summed E-state index contributed by atoms with van der Waals surface area (Å²) in [5.41, 5.74) is 9.95. The van der Waals surface area contributed by atoms with Gasteiger partial charge >= 0.3 is 0 Å². The van der Waals surface area contributed by atoms with Crippen LogP contribution in [0.25, 0.3) is 0 Å². The van der Waals surface area contributed by atoms with Crippen LogP contribution in [0.5, 0.6) is 0 Å². The van der Waals surface area contributed by atoms with Crippen molar-refractivity contribution in [1.82, 2.24) is 0 Å². The van der Waals surface area contributed by atoms with E-state index in [4.69, 9.17) is 0 Å². The molecule has 0 spiro atoms. The molecule has 2 bridgehead atoms. The van der Waals surface area contributed by atoms with E-state index in [0.717, 1.165) is 5.92 Å². The van der Waals surface area contributed by atoms with Crippen LogP contribution in [0.4, 0.5) is 0 Å². The number of hydrogen-bond donors (Lipinski definition) is 0. The van der Waals surface area contributed by atoms with Crippen molar-refractivity contribution in [3.8, 4) is 0 Å². The van der Waals surface area contributed by atoms with Gasteiger partial charge in [-0.2, -0.15) is 0 Å². The number of aryl methyl sites for hydroxylation is 2. The van der Waals surface area contributed by atoms with Crippen LogP contribution in [-0.4, -0.2) is 0 Å². The highest BCUT2D eigenvalue weighted by atomic mass is 14.5. The van der Waals surface area contributed by atoms with Crippen molar-refractivity contribution >= 4 is 0 Å². The third-order valence-electron chi connectivity index (χ3n) is 8.02. The highest BCUT2D eigenvalue weighted by molar-refractivity contribution is 5.47. The predicted octanol–water partition coefficient (Wildman–Crippen LogP) is 7.79. The van der Waals surface area contributed by atoms with Crippen molar-refractivity contribution in [2.75, 3.05) is 0 Å². The van der Waals surface area contributed by atoms with Gasteiger partial charge in [0.1, 0.15) is 0 Å². The van der Waals surface area contributed by atoms with Crippen molar-refractivity contribution in [1.29, 1.82) is 0 Å². The minimum absolute atomic E-state index is 0.301. The molecule has 146 valence electrons. The van der Waals surface area contributed by atoms with Gasteiger partial charge in [-0.05, 0) is 75.8 Å². The van der Waals surface area contributed by atoms with E-state index in [0.29, 0.717) is 11.3 Å². The van der Waals surface area contributed by atoms with Gasteiger partial charge in [0.2, 0.25) is 0 Å². The molecule has 0 aliphatic heterocycles. The molecule has 3 atom stereocenters. The number of benzene rings is 2. The molecule has 2 aromatic carbocycles. The molecule has 3 aliphatic rings. The Morgan fingerprint density at radius 1 is 0.714 bits per heavy atom. The van der Waals surface area contributed by atoms with Gasteiger partial charge < -0.3 is 0 Å². The van der Waals surface area contributed by atoms with E-state index in [1.165, 1.54) is 68.9 Å². The van der Waals surface area contributed by atoms with Gasteiger partial charge in [-0.1, -0.05) is 83.6 Å². The van der Waals surface area contributed by atoms with E-state index in [2.05, 4.69) is 62.4 Å². The Labute approximate surface area is 171 Å². The normalized spacial score (nSPS) is 29.9. The standard InChI is InChI=1S/C28H34/c1-20-10-14-22(15-11-20)27-26-9-5-3-4-8-25(26)23-7-6-18-28(27,19-23)24-16-12-21(2)13-17-24/h10-17,23,27H,3-9,18-19H2,1-2H3. The van der Waals surface area contributed by atoms with Crippen LogP contribution < -0.4 is 0 Å². The van der Waals surface area contributed by atoms with Crippen LogP contribution in [0, 0.1) is 19.8 Å². The number of rotatable bonds is 2. The van der Waals surface area contributed by atoms with Gasteiger partial charge in [-0.25, -0.2) is 0 Å². The fourth-order valence-corrected chi connectivity index (χ4v) is 6.72. The SMILES string of the molecule is Cc1ccc(C2C3=C(CCCCC3)C3CCCC2(c2ccc(C)cc2)C3)cc1. The van der Waals surface area contributed by atoms with Crippen molar-refractivity contribution < 1.29 is 0 Å². The second-order valence-electron chi connectivity index (χ2n) is 9.77. The maximum Gasteiger partial charge on any atom is 0.0148 e. The topological polar surface area (TPSA) is 0 Å². The highest BCUT2D eigenvalue weighted by Gasteiger charge is 2.50. The Hall–Kier alpha value is -1.82. The smallest absolute Gasteiger partial charge is 0.0148 e. The first-order valence-electron chi connectivity index (χ1n) is 11.5. The van der Waals surface area contributed by atoms with E-state index < -0.39 is 0 Å². The van der Waals surface area contributed by atoms with E-state index in [1.807, 2.05) is 11.1 Å². The molecule has 1 fully saturated rings. The van der Waals surface area contributed by atoms with Crippen molar-refractivity contribution in [2.24, 2.45) is 5.92 Å². The molecule has 0 heterocycles. The molecule has 0 N–H and O–H groups in total. The van der Waals surface area contributed by atoms with Gasteiger partial charge in [-0.3, -0.25) is 0 Å². The van der Waals surface area contributed by atoms with Crippen LogP contribution in [0.15, 0.2) is 59.7 Å². The monoisotopic (exact) mass is 370 g/mol. The van der Waals surface area contributed by atoms with Crippen LogP contribution in [-0.2, 0) is 5.41 Å². The van der Waals surface area contributed by atoms with Gasteiger partial charge in [-0.15, -0.1) is 0 Å². The first-order chi connectivity index (χ1) is 13.7. The summed E-state index contributed by atoms with van der Waals surface area (Å²) in [5.74, 6) is 1.42.